The number of nitrogens with zero attached hydrogens (tertiary/aromatic N) is 17. The molecule has 0 unspecified atom stereocenters. The molecule has 0 saturated carbocycles. The second-order valence-corrected chi connectivity index (χ2v) is 16.8. The summed E-state index contributed by atoms with van der Waals surface area (Å²) < 4.78 is 61.3. The molecule has 2 aromatic carbocycles. The van der Waals surface area contributed by atoms with E-state index < -0.39 is 37.5 Å². The highest BCUT2D eigenvalue weighted by Gasteiger charge is 2.23. The fourth-order valence-corrected chi connectivity index (χ4v) is 7.79. The van der Waals surface area contributed by atoms with Crippen molar-refractivity contribution in [2.24, 2.45) is 20.5 Å². The Hall–Kier alpha value is -8.27. The van der Waals surface area contributed by atoms with E-state index >= 15 is 0 Å². The van der Waals surface area contributed by atoms with Crippen LogP contribution < -0.4 is 11.5 Å². The van der Waals surface area contributed by atoms with Gasteiger partial charge in [-0.3, -0.25) is 4.55 Å². The highest BCUT2D eigenvalue weighted by atomic mass is 32.2. The van der Waals surface area contributed by atoms with E-state index in [1.807, 2.05) is 37.3 Å². The first kappa shape index (κ1) is 41.9. The third-order valence-electron chi connectivity index (χ3n) is 8.84. The quantitative estimate of drug-likeness (QED) is 0.0692. The number of nitrogens with two attached hydrogens (primary N) is 2. The maximum absolute atomic E-state index is 12.7. The largest absolute Gasteiger partial charge is 0.479 e. The average molecular weight is 878 g/mol. The van der Waals surface area contributed by atoms with Gasteiger partial charge in [-0.2, -0.15) is 58.4 Å². The Bertz CT molecular complexity index is 3240. The SMILES string of the molecule is [C-]#[N+]c1cnn(-c2ccc(C)cc2)c1N=Nc1c(C)nn(-c2nc(O)nc(-n3nc(C)c(N=Nc4c(C#N)cnn4-c4ccc(S(=O)(=O)CCCS(=O)(=O)O)cc4)c3N)n2)c1N. The summed E-state index contributed by atoms with van der Waals surface area (Å²) in [6.45, 7) is 12.7. The molecule has 25 nitrogen and oxygen atoms in total. The zero-order valence-electron chi connectivity index (χ0n) is 32.5. The summed E-state index contributed by atoms with van der Waals surface area (Å²) in [5, 5.41) is 54.7. The second-order valence-electron chi connectivity index (χ2n) is 13.2. The lowest BCUT2D eigenvalue weighted by molar-refractivity contribution is 0.423. The van der Waals surface area contributed by atoms with E-state index in [9.17, 15) is 27.2 Å². The normalized spacial score (nSPS) is 12.0. The number of aromatic nitrogens is 11. The van der Waals surface area contributed by atoms with Crippen LogP contribution in [0.25, 0.3) is 28.1 Å². The summed E-state index contributed by atoms with van der Waals surface area (Å²) in [7, 11) is -8.22. The van der Waals surface area contributed by atoms with E-state index in [1.165, 1.54) is 46.0 Å². The number of sulfone groups is 1. The third-order valence-corrected chi connectivity index (χ3v) is 11.5. The van der Waals surface area contributed by atoms with Gasteiger partial charge in [-0.05, 0) is 63.6 Å². The molecule has 0 amide bonds. The van der Waals surface area contributed by atoms with Crippen molar-refractivity contribution in [3.05, 3.63) is 94.9 Å². The first-order valence-electron chi connectivity index (χ1n) is 17.8. The van der Waals surface area contributed by atoms with E-state index in [0.29, 0.717) is 17.1 Å². The summed E-state index contributed by atoms with van der Waals surface area (Å²) in [5.74, 6) is -1.88. The minimum Gasteiger partial charge on any atom is -0.479 e. The van der Waals surface area contributed by atoms with E-state index in [-0.39, 0.29) is 74.8 Å². The monoisotopic (exact) mass is 877 g/mol. The number of aryl methyl sites for hydroxylation is 3. The van der Waals surface area contributed by atoms with E-state index in [1.54, 1.807) is 13.8 Å². The van der Waals surface area contributed by atoms with E-state index in [0.717, 1.165) is 14.9 Å². The van der Waals surface area contributed by atoms with Gasteiger partial charge in [0, 0.05) is 0 Å². The number of azo groups is 2. The summed E-state index contributed by atoms with van der Waals surface area (Å²) in [6.07, 6.45) is 2.29. The fraction of sp³-hybridized carbons (Fsp3) is 0.171. The van der Waals surface area contributed by atoms with Crippen molar-refractivity contribution in [1.29, 1.82) is 5.26 Å². The van der Waals surface area contributed by atoms with Gasteiger partial charge >= 0.3 is 6.01 Å². The van der Waals surface area contributed by atoms with Gasteiger partial charge in [0.1, 0.15) is 11.6 Å². The molecule has 27 heteroatoms. The Morgan fingerprint density at radius 1 is 0.742 bits per heavy atom. The fourth-order valence-electron chi connectivity index (χ4n) is 5.78. The van der Waals surface area contributed by atoms with Gasteiger partial charge in [0.05, 0.1) is 58.1 Å². The molecular formula is C35H31N19O6S2. The van der Waals surface area contributed by atoms with Gasteiger partial charge in [-0.25, -0.2) is 22.6 Å². The maximum Gasteiger partial charge on any atom is 0.320 e. The average Bonchev–Trinajstić information content (AvgIpc) is 3.98. The first-order valence-corrected chi connectivity index (χ1v) is 21.0. The van der Waals surface area contributed by atoms with Gasteiger partial charge in [-0.15, -0.1) is 20.5 Å². The number of anilines is 2. The lowest BCUT2D eigenvalue weighted by Crippen LogP contribution is -2.13. The number of aromatic hydroxyl groups is 1. The minimum absolute atomic E-state index is 0.000963. The van der Waals surface area contributed by atoms with Crippen LogP contribution in [0.15, 0.2) is 86.3 Å². The van der Waals surface area contributed by atoms with Gasteiger partial charge < -0.3 is 16.6 Å². The molecule has 6 N–H and O–H groups in total. The van der Waals surface area contributed by atoms with Crippen LogP contribution >= 0.6 is 0 Å². The van der Waals surface area contributed by atoms with Crippen LogP contribution in [0.5, 0.6) is 6.01 Å². The Labute approximate surface area is 350 Å². The summed E-state index contributed by atoms with van der Waals surface area (Å²) in [5.41, 5.74) is 15.7. The highest BCUT2D eigenvalue weighted by Crippen LogP contribution is 2.36. The molecular weight excluding hydrogens is 847 g/mol. The van der Waals surface area contributed by atoms with Crippen LogP contribution in [0.1, 0.15) is 28.9 Å². The molecule has 0 spiro atoms. The van der Waals surface area contributed by atoms with Crippen molar-refractivity contribution in [3.8, 4) is 35.4 Å². The highest BCUT2D eigenvalue weighted by molar-refractivity contribution is 7.91. The topological polar surface area (TPSA) is 348 Å². The minimum atomic E-state index is -4.33. The zero-order chi connectivity index (χ0) is 44.5. The lowest BCUT2D eigenvalue weighted by Gasteiger charge is -2.07. The van der Waals surface area contributed by atoms with Crippen molar-refractivity contribution < 1.29 is 26.5 Å². The number of rotatable bonds is 13. The van der Waals surface area contributed by atoms with Crippen LogP contribution in [0, 0.1) is 38.7 Å². The number of nitriles is 1. The molecule has 7 aromatic rings. The molecule has 62 heavy (non-hydrogen) atoms. The summed E-state index contributed by atoms with van der Waals surface area (Å²) in [6, 6.07) is 14.0. The Balaban J connectivity index is 1.16. The van der Waals surface area contributed by atoms with Crippen molar-refractivity contribution in [2.45, 2.75) is 32.1 Å². The van der Waals surface area contributed by atoms with Gasteiger partial charge in [0.25, 0.3) is 27.7 Å². The molecule has 0 saturated heterocycles. The Morgan fingerprint density at radius 3 is 1.79 bits per heavy atom. The van der Waals surface area contributed by atoms with Crippen LogP contribution in [-0.2, 0) is 20.0 Å². The van der Waals surface area contributed by atoms with Crippen LogP contribution in [-0.4, -0.2) is 92.1 Å². The third kappa shape index (κ3) is 8.42. The van der Waals surface area contributed by atoms with Gasteiger partial charge in [0.2, 0.25) is 0 Å². The molecule has 7 rings (SSSR count). The number of hydrogen-bond acceptors (Lipinski definition) is 19. The standard InChI is InChI=1S/C35H31N19O6S2/c1-19-6-8-23(9-7-19)52-32(26(39-4)18-41-52)48-46-28-21(3)50-54(30(28)38)34-42-33(43-35(55)44-34)53-29(37)27(20(2)49-53)45-47-31-22(16-36)17-40-51(31)24-10-12-25(13-11-24)61(56,57)14-5-15-62(58,59)60/h6-13,17-18H,5,14-15,37-38H2,1-3H3,(H,58,59,60)(H,42,43,44,55). The second kappa shape index (κ2) is 16.4. The predicted octanol–water partition coefficient (Wildman–Crippen LogP) is 4.71. The van der Waals surface area contributed by atoms with Crippen molar-refractivity contribution in [1.82, 2.24) is 54.1 Å². The van der Waals surface area contributed by atoms with Gasteiger partial charge in [0.15, 0.2) is 44.5 Å². The zero-order valence-corrected chi connectivity index (χ0v) is 34.1. The van der Waals surface area contributed by atoms with Crippen molar-refractivity contribution in [3.63, 3.8) is 0 Å². The van der Waals surface area contributed by atoms with Crippen molar-refractivity contribution in [2.75, 3.05) is 23.0 Å². The van der Waals surface area contributed by atoms with Crippen molar-refractivity contribution >= 4 is 60.3 Å². The molecule has 0 aliphatic carbocycles. The number of hydrogen-bond donors (Lipinski definition) is 4. The molecule has 0 radical (unpaired) electrons. The molecule has 5 aromatic heterocycles. The van der Waals surface area contributed by atoms with Crippen LogP contribution in [0.3, 0.4) is 0 Å². The molecule has 0 aliphatic heterocycles. The molecule has 0 fully saturated rings. The smallest absolute Gasteiger partial charge is 0.320 e. The predicted molar refractivity (Wildman–Crippen MR) is 218 cm³/mol. The molecule has 314 valence electrons. The van der Waals surface area contributed by atoms with Crippen LogP contribution in [0.2, 0.25) is 0 Å². The lowest BCUT2D eigenvalue weighted by atomic mass is 10.2. The summed E-state index contributed by atoms with van der Waals surface area (Å²) >= 11 is 0. The molecule has 0 aliphatic rings. The number of benzene rings is 2. The summed E-state index contributed by atoms with van der Waals surface area (Å²) in [4.78, 5) is 15.7. The maximum atomic E-state index is 12.7. The van der Waals surface area contributed by atoms with E-state index in [4.69, 9.17) is 22.6 Å². The Morgan fingerprint density at radius 2 is 1.26 bits per heavy atom. The number of nitrogen functional groups attached to an aromatic ring is 2. The molecule has 5 heterocycles. The molecule has 0 atom stereocenters. The Kier molecular flexibility index (Phi) is 11.1. The van der Waals surface area contributed by atoms with Gasteiger partial charge in [-0.1, -0.05) is 17.7 Å². The molecule has 0 bridgehead atoms. The van der Waals surface area contributed by atoms with E-state index in [2.05, 4.69) is 60.6 Å². The van der Waals surface area contributed by atoms with Crippen LogP contribution in [0.4, 0.5) is 40.3 Å². The first-order chi connectivity index (χ1) is 29.5.